The van der Waals surface area contributed by atoms with Crippen LogP contribution in [0.1, 0.15) is 25.0 Å². The van der Waals surface area contributed by atoms with Crippen molar-refractivity contribution in [3.05, 3.63) is 199 Å². The molecule has 0 aromatic heterocycles. The lowest BCUT2D eigenvalue weighted by atomic mass is 9.81. The molecule has 0 aliphatic heterocycles. The summed E-state index contributed by atoms with van der Waals surface area (Å²) in [4.78, 5) is 2.37. The summed E-state index contributed by atoms with van der Waals surface area (Å²) in [5.41, 5.74) is 13.7. The monoisotopic (exact) mass is 663 g/mol. The zero-order valence-electron chi connectivity index (χ0n) is 29.3. The third-order valence-corrected chi connectivity index (χ3v) is 11.2. The van der Waals surface area contributed by atoms with Crippen LogP contribution in [-0.4, -0.2) is 0 Å². The van der Waals surface area contributed by atoms with Gasteiger partial charge in [-0.1, -0.05) is 141 Å². The van der Waals surface area contributed by atoms with Crippen molar-refractivity contribution in [3.63, 3.8) is 0 Å². The molecule has 0 heterocycles. The molecule has 246 valence electrons. The van der Waals surface area contributed by atoms with E-state index in [0.717, 1.165) is 17.1 Å². The highest BCUT2D eigenvalue weighted by Crippen LogP contribution is 2.50. The molecule has 0 unspecified atom stereocenters. The lowest BCUT2D eigenvalue weighted by Crippen LogP contribution is -2.14. The molecule has 1 nitrogen and oxygen atoms in total. The largest absolute Gasteiger partial charge is 0.310 e. The molecule has 1 aliphatic rings. The van der Waals surface area contributed by atoms with E-state index in [2.05, 4.69) is 207 Å². The van der Waals surface area contributed by atoms with Crippen LogP contribution in [0.25, 0.3) is 65.7 Å². The van der Waals surface area contributed by atoms with Gasteiger partial charge in [0.15, 0.2) is 0 Å². The van der Waals surface area contributed by atoms with Crippen molar-refractivity contribution < 1.29 is 0 Å². The average Bonchev–Trinajstić information content (AvgIpc) is 3.42. The minimum Gasteiger partial charge on any atom is -0.310 e. The summed E-state index contributed by atoms with van der Waals surface area (Å²) in [6.07, 6.45) is 0. The second-order valence-electron chi connectivity index (χ2n) is 14.6. The van der Waals surface area contributed by atoms with E-state index in [9.17, 15) is 0 Å². The summed E-state index contributed by atoms with van der Waals surface area (Å²) in [6, 6.07) is 69.2. The molecular formula is C51H37N. The maximum Gasteiger partial charge on any atom is 0.0467 e. The Morgan fingerprint density at radius 2 is 0.885 bits per heavy atom. The summed E-state index contributed by atoms with van der Waals surface area (Å²) in [7, 11) is 0. The lowest BCUT2D eigenvalue weighted by Gasteiger charge is -2.26. The number of fused-ring (bicyclic) bond motifs is 7. The zero-order chi connectivity index (χ0) is 34.8. The van der Waals surface area contributed by atoms with Crippen molar-refractivity contribution in [2.45, 2.75) is 19.3 Å². The molecule has 1 aliphatic carbocycles. The fourth-order valence-corrected chi connectivity index (χ4v) is 8.47. The van der Waals surface area contributed by atoms with Crippen LogP contribution < -0.4 is 4.90 Å². The Morgan fingerprint density at radius 1 is 0.327 bits per heavy atom. The topological polar surface area (TPSA) is 3.24 Å². The van der Waals surface area contributed by atoms with Crippen molar-refractivity contribution in [2.75, 3.05) is 4.90 Å². The van der Waals surface area contributed by atoms with Gasteiger partial charge in [-0.2, -0.15) is 0 Å². The van der Waals surface area contributed by atoms with Gasteiger partial charge in [-0.05, 0) is 137 Å². The summed E-state index contributed by atoms with van der Waals surface area (Å²) in [6.45, 7) is 4.73. The first-order chi connectivity index (χ1) is 25.5. The lowest BCUT2D eigenvalue weighted by molar-refractivity contribution is 0.661. The molecular weight excluding hydrogens is 627 g/mol. The normalized spacial score (nSPS) is 13.0. The van der Waals surface area contributed by atoms with Crippen LogP contribution in [0.3, 0.4) is 0 Å². The van der Waals surface area contributed by atoms with Crippen LogP contribution in [0.5, 0.6) is 0 Å². The van der Waals surface area contributed by atoms with Crippen LogP contribution in [0.4, 0.5) is 17.1 Å². The number of para-hydroxylation sites is 1. The Bertz CT molecular complexity index is 2830. The zero-order valence-corrected chi connectivity index (χ0v) is 29.3. The highest BCUT2D eigenvalue weighted by Gasteiger charge is 2.35. The van der Waals surface area contributed by atoms with E-state index in [-0.39, 0.29) is 5.41 Å². The molecule has 0 fully saturated rings. The third-order valence-electron chi connectivity index (χ3n) is 11.2. The Hall–Kier alpha value is -6.44. The molecule has 1 heteroatoms. The molecule has 0 amide bonds. The van der Waals surface area contributed by atoms with Crippen LogP contribution in [0.2, 0.25) is 0 Å². The van der Waals surface area contributed by atoms with Crippen molar-refractivity contribution in [1.29, 1.82) is 0 Å². The average molecular weight is 664 g/mol. The maximum absolute atomic E-state index is 2.47. The van der Waals surface area contributed by atoms with Gasteiger partial charge in [0, 0.05) is 22.5 Å². The maximum atomic E-state index is 2.47. The summed E-state index contributed by atoms with van der Waals surface area (Å²) in [5, 5.41) is 7.65. The van der Waals surface area contributed by atoms with E-state index in [1.165, 1.54) is 76.8 Å². The molecule has 0 spiro atoms. The van der Waals surface area contributed by atoms with Crippen LogP contribution in [0, 0.1) is 0 Å². The molecule has 10 rings (SSSR count). The highest BCUT2D eigenvalue weighted by atomic mass is 15.1. The van der Waals surface area contributed by atoms with Gasteiger partial charge in [-0.3, -0.25) is 0 Å². The van der Waals surface area contributed by atoms with Gasteiger partial charge < -0.3 is 4.90 Å². The predicted octanol–water partition coefficient (Wildman–Crippen LogP) is 14.3. The second kappa shape index (κ2) is 11.8. The van der Waals surface area contributed by atoms with Crippen molar-refractivity contribution in [1.82, 2.24) is 0 Å². The molecule has 52 heavy (non-hydrogen) atoms. The summed E-state index contributed by atoms with van der Waals surface area (Å²) in [5.74, 6) is 0. The van der Waals surface area contributed by atoms with Gasteiger partial charge in [-0.15, -0.1) is 0 Å². The number of hydrogen-bond donors (Lipinski definition) is 0. The number of nitrogens with zero attached hydrogens (tertiary/aromatic N) is 1. The predicted molar refractivity (Wildman–Crippen MR) is 222 cm³/mol. The van der Waals surface area contributed by atoms with E-state index in [1.807, 2.05) is 0 Å². The van der Waals surface area contributed by atoms with Crippen molar-refractivity contribution in [3.8, 4) is 33.4 Å². The van der Waals surface area contributed by atoms with Crippen molar-refractivity contribution >= 4 is 49.4 Å². The van der Waals surface area contributed by atoms with E-state index in [4.69, 9.17) is 0 Å². The van der Waals surface area contributed by atoms with Gasteiger partial charge in [0.05, 0.1) is 0 Å². The fraction of sp³-hybridized carbons (Fsp3) is 0.0588. The Kier molecular flexibility index (Phi) is 6.91. The molecule has 0 saturated carbocycles. The molecule has 0 saturated heterocycles. The first-order valence-corrected chi connectivity index (χ1v) is 18.2. The second-order valence-corrected chi connectivity index (χ2v) is 14.6. The van der Waals surface area contributed by atoms with E-state index >= 15 is 0 Å². The molecule has 9 aromatic carbocycles. The van der Waals surface area contributed by atoms with Crippen LogP contribution >= 0.6 is 0 Å². The standard InChI is InChI=1S/C51H37N/c1-51(2)49-21-9-8-20-45(49)48-32-41-27-24-35-23-26-40(31-46(35)47(41)33-50(48)51)38-15-11-19-44(30-38)52(42-16-4-3-5-17-42)43-18-10-14-37(29-43)39-25-22-34-12-6-7-13-36(34)28-39/h3-33H,1-2H3. The summed E-state index contributed by atoms with van der Waals surface area (Å²) >= 11 is 0. The number of hydrogen-bond acceptors (Lipinski definition) is 1. The molecule has 0 atom stereocenters. The van der Waals surface area contributed by atoms with Gasteiger partial charge >= 0.3 is 0 Å². The van der Waals surface area contributed by atoms with E-state index < -0.39 is 0 Å². The molecule has 0 bridgehead atoms. The molecule has 0 N–H and O–H groups in total. The van der Waals surface area contributed by atoms with Crippen molar-refractivity contribution in [2.24, 2.45) is 0 Å². The van der Waals surface area contributed by atoms with Gasteiger partial charge in [0.2, 0.25) is 0 Å². The quantitative estimate of drug-likeness (QED) is 0.166. The number of rotatable bonds is 5. The summed E-state index contributed by atoms with van der Waals surface area (Å²) < 4.78 is 0. The Morgan fingerprint density at radius 3 is 1.65 bits per heavy atom. The molecule has 0 radical (unpaired) electrons. The SMILES string of the molecule is CC1(C)c2ccccc2-c2cc3ccc4ccc(-c5cccc(N(c6ccccc6)c6cccc(-c7ccc8ccccc8c7)c6)c5)cc4c3cc21. The minimum atomic E-state index is -0.0409. The fourth-order valence-electron chi connectivity index (χ4n) is 8.47. The first kappa shape index (κ1) is 30.4. The minimum absolute atomic E-state index is 0.0409. The van der Waals surface area contributed by atoms with E-state index in [1.54, 1.807) is 0 Å². The molecule has 9 aromatic rings. The Labute approximate surface area is 305 Å². The van der Waals surface area contributed by atoms with Gasteiger partial charge in [0.1, 0.15) is 0 Å². The van der Waals surface area contributed by atoms with E-state index in [0.29, 0.717) is 0 Å². The van der Waals surface area contributed by atoms with Crippen LogP contribution in [-0.2, 0) is 5.41 Å². The smallest absolute Gasteiger partial charge is 0.0467 e. The van der Waals surface area contributed by atoms with Crippen LogP contribution in [0.15, 0.2) is 188 Å². The highest BCUT2D eigenvalue weighted by molar-refractivity contribution is 6.11. The first-order valence-electron chi connectivity index (χ1n) is 18.2. The number of anilines is 3. The van der Waals surface area contributed by atoms with Gasteiger partial charge in [-0.25, -0.2) is 0 Å². The van der Waals surface area contributed by atoms with Gasteiger partial charge in [0.25, 0.3) is 0 Å². The third kappa shape index (κ3) is 4.93. The Balaban J connectivity index is 1.08. The number of benzene rings is 9.